The summed E-state index contributed by atoms with van der Waals surface area (Å²) >= 11 is 3.46. The molecule has 0 saturated heterocycles. The highest BCUT2D eigenvalue weighted by atomic mass is 79.9. The summed E-state index contributed by atoms with van der Waals surface area (Å²) in [5.74, 6) is 0. The normalized spacial score (nSPS) is 13.2. The lowest BCUT2D eigenvalue weighted by Crippen LogP contribution is -2.26. The average molecular weight is 262 g/mol. The third-order valence-electron chi connectivity index (χ3n) is 2.24. The molecule has 0 aliphatic rings. The molecule has 0 bridgehead atoms. The van der Waals surface area contributed by atoms with Crippen molar-refractivity contribution in [3.63, 3.8) is 0 Å². The van der Waals surface area contributed by atoms with Crippen LogP contribution in [0.1, 0.15) is 17.8 Å². The molecule has 1 rings (SSSR count). The molecule has 4 nitrogen and oxygen atoms in total. The van der Waals surface area contributed by atoms with Crippen LogP contribution in [-0.4, -0.2) is 27.5 Å². The van der Waals surface area contributed by atoms with E-state index in [2.05, 4.69) is 21.0 Å². The first-order valence-electron chi connectivity index (χ1n) is 4.62. The molecule has 1 aromatic rings. The van der Waals surface area contributed by atoms with E-state index in [0.717, 1.165) is 28.8 Å². The Labute approximate surface area is 92.2 Å². The van der Waals surface area contributed by atoms with Gasteiger partial charge in [0.1, 0.15) is 0 Å². The van der Waals surface area contributed by atoms with Crippen molar-refractivity contribution >= 4 is 15.9 Å². The zero-order valence-electron chi connectivity index (χ0n) is 8.50. The number of aliphatic hydroxyl groups is 1. The smallest absolute Gasteiger partial charge is 0.0738 e. The third-order valence-corrected chi connectivity index (χ3v) is 3.39. The maximum absolute atomic E-state index is 8.78. The lowest BCUT2D eigenvalue weighted by atomic mass is 10.2. The Bertz CT molecular complexity index is 311. The van der Waals surface area contributed by atoms with E-state index < -0.39 is 0 Å². The van der Waals surface area contributed by atoms with Gasteiger partial charge in [-0.1, -0.05) is 0 Å². The summed E-state index contributed by atoms with van der Waals surface area (Å²) in [4.78, 5) is 0. The number of aliphatic hydroxyl groups excluding tert-OH is 1. The number of nitrogens with two attached hydrogens (primary N) is 1. The molecule has 1 aromatic heterocycles. The molecule has 0 fully saturated rings. The fraction of sp³-hybridized carbons (Fsp3) is 0.667. The minimum absolute atomic E-state index is 0.0282. The fourth-order valence-electron chi connectivity index (χ4n) is 1.27. The summed E-state index contributed by atoms with van der Waals surface area (Å²) in [5.41, 5.74) is 7.70. The van der Waals surface area contributed by atoms with Crippen molar-refractivity contribution in [1.82, 2.24) is 9.78 Å². The van der Waals surface area contributed by atoms with Crippen LogP contribution in [0.3, 0.4) is 0 Å². The molecule has 1 atom stereocenters. The van der Waals surface area contributed by atoms with Crippen molar-refractivity contribution in [2.24, 2.45) is 5.73 Å². The van der Waals surface area contributed by atoms with Crippen molar-refractivity contribution in [2.45, 2.75) is 32.9 Å². The second kappa shape index (κ2) is 4.91. The highest BCUT2D eigenvalue weighted by Gasteiger charge is 2.09. The summed E-state index contributed by atoms with van der Waals surface area (Å²) in [6, 6.07) is -0.155. The van der Waals surface area contributed by atoms with Gasteiger partial charge in [-0.05, 0) is 36.2 Å². The highest BCUT2D eigenvalue weighted by molar-refractivity contribution is 9.10. The van der Waals surface area contributed by atoms with E-state index in [1.807, 2.05) is 18.5 Å². The van der Waals surface area contributed by atoms with Crippen LogP contribution in [0.4, 0.5) is 0 Å². The van der Waals surface area contributed by atoms with Gasteiger partial charge in [-0.15, -0.1) is 0 Å². The standard InChI is InChI=1S/C9H16BrN3O/c1-6-9(10)7(2)13(12-6)4-3-8(11)5-14/h8,14H,3-5,11H2,1-2H3. The van der Waals surface area contributed by atoms with Crippen molar-refractivity contribution in [3.05, 3.63) is 15.9 Å². The quantitative estimate of drug-likeness (QED) is 0.849. The predicted octanol–water partition coefficient (Wildman–Crippen LogP) is 0.972. The Morgan fingerprint density at radius 3 is 2.64 bits per heavy atom. The van der Waals surface area contributed by atoms with Crippen LogP contribution in [-0.2, 0) is 6.54 Å². The van der Waals surface area contributed by atoms with Crippen LogP contribution in [0.15, 0.2) is 4.47 Å². The summed E-state index contributed by atoms with van der Waals surface area (Å²) in [5, 5.41) is 13.1. The number of hydrogen-bond acceptors (Lipinski definition) is 3. The fourth-order valence-corrected chi connectivity index (χ4v) is 1.56. The molecule has 14 heavy (non-hydrogen) atoms. The van der Waals surface area contributed by atoms with Gasteiger partial charge in [-0.3, -0.25) is 4.68 Å². The molecule has 0 amide bonds. The van der Waals surface area contributed by atoms with Gasteiger partial charge in [0.2, 0.25) is 0 Å². The molecular formula is C9H16BrN3O. The molecule has 3 N–H and O–H groups in total. The van der Waals surface area contributed by atoms with E-state index in [1.165, 1.54) is 0 Å². The first kappa shape index (κ1) is 11.7. The lowest BCUT2D eigenvalue weighted by molar-refractivity contribution is 0.254. The summed E-state index contributed by atoms with van der Waals surface area (Å²) in [6.45, 7) is 4.74. The number of aromatic nitrogens is 2. The molecule has 1 unspecified atom stereocenters. The highest BCUT2D eigenvalue weighted by Crippen LogP contribution is 2.19. The summed E-state index contributed by atoms with van der Waals surface area (Å²) in [7, 11) is 0. The molecule has 5 heteroatoms. The molecule has 0 spiro atoms. The van der Waals surface area contributed by atoms with Crippen molar-refractivity contribution in [3.8, 4) is 0 Å². The van der Waals surface area contributed by atoms with Gasteiger partial charge >= 0.3 is 0 Å². The van der Waals surface area contributed by atoms with E-state index >= 15 is 0 Å². The van der Waals surface area contributed by atoms with E-state index in [0.29, 0.717) is 0 Å². The molecule has 80 valence electrons. The maximum atomic E-state index is 8.78. The first-order valence-corrected chi connectivity index (χ1v) is 5.41. The zero-order valence-corrected chi connectivity index (χ0v) is 10.1. The lowest BCUT2D eigenvalue weighted by Gasteiger charge is -2.08. The topological polar surface area (TPSA) is 64.1 Å². The molecular weight excluding hydrogens is 246 g/mol. The summed E-state index contributed by atoms with van der Waals surface area (Å²) in [6.07, 6.45) is 0.741. The zero-order chi connectivity index (χ0) is 10.7. The monoisotopic (exact) mass is 261 g/mol. The van der Waals surface area contributed by atoms with E-state index in [-0.39, 0.29) is 12.6 Å². The van der Waals surface area contributed by atoms with Crippen molar-refractivity contribution in [2.75, 3.05) is 6.61 Å². The third kappa shape index (κ3) is 2.56. The van der Waals surface area contributed by atoms with Gasteiger partial charge in [0.05, 0.1) is 16.8 Å². The number of rotatable bonds is 4. The predicted molar refractivity (Wildman–Crippen MR) is 59.1 cm³/mol. The van der Waals surface area contributed by atoms with E-state index in [4.69, 9.17) is 10.8 Å². The Morgan fingerprint density at radius 1 is 1.57 bits per heavy atom. The van der Waals surface area contributed by atoms with Crippen molar-refractivity contribution < 1.29 is 5.11 Å². The Morgan fingerprint density at radius 2 is 2.21 bits per heavy atom. The van der Waals surface area contributed by atoms with E-state index in [1.54, 1.807) is 0 Å². The van der Waals surface area contributed by atoms with Gasteiger partial charge in [0.15, 0.2) is 0 Å². The SMILES string of the molecule is Cc1nn(CCC(N)CO)c(C)c1Br. The molecule has 1 heterocycles. The van der Waals surface area contributed by atoms with Gasteiger partial charge < -0.3 is 10.8 Å². The van der Waals surface area contributed by atoms with Gasteiger partial charge in [-0.2, -0.15) is 5.10 Å². The molecule has 0 saturated carbocycles. The Hall–Kier alpha value is -0.390. The van der Waals surface area contributed by atoms with Crippen LogP contribution in [0.5, 0.6) is 0 Å². The number of nitrogens with zero attached hydrogens (tertiary/aromatic N) is 2. The number of halogens is 1. The first-order chi connectivity index (χ1) is 6.56. The minimum atomic E-state index is -0.155. The minimum Gasteiger partial charge on any atom is -0.395 e. The van der Waals surface area contributed by atoms with Gasteiger partial charge in [0.25, 0.3) is 0 Å². The molecule has 0 aliphatic carbocycles. The van der Waals surface area contributed by atoms with E-state index in [9.17, 15) is 0 Å². The Balaban J connectivity index is 2.63. The van der Waals surface area contributed by atoms with Crippen molar-refractivity contribution in [1.29, 1.82) is 0 Å². The van der Waals surface area contributed by atoms with Gasteiger partial charge in [0, 0.05) is 18.3 Å². The largest absolute Gasteiger partial charge is 0.395 e. The van der Waals surface area contributed by atoms with Crippen LogP contribution in [0.2, 0.25) is 0 Å². The number of hydrogen-bond donors (Lipinski definition) is 2. The molecule has 0 aromatic carbocycles. The second-order valence-corrected chi connectivity index (χ2v) is 4.23. The van der Waals surface area contributed by atoms with Crippen LogP contribution >= 0.6 is 15.9 Å². The summed E-state index contributed by atoms with van der Waals surface area (Å²) < 4.78 is 2.96. The maximum Gasteiger partial charge on any atom is 0.0738 e. The van der Waals surface area contributed by atoms with Gasteiger partial charge in [-0.25, -0.2) is 0 Å². The molecule has 0 radical (unpaired) electrons. The average Bonchev–Trinajstić information content (AvgIpc) is 2.42. The second-order valence-electron chi connectivity index (χ2n) is 3.44. The van der Waals surface area contributed by atoms with Crippen LogP contribution < -0.4 is 5.73 Å². The van der Waals surface area contributed by atoms with Crippen LogP contribution in [0, 0.1) is 13.8 Å². The Kier molecular flexibility index (Phi) is 4.10. The molecule has 0 aliphatic heterocycles. The van der Waals surface area contributed by atoms with Crippen LogP contribution in [0.25, 0.3) is 0 Å². The number of aryl methyl sites for hydroxylation is 2.